The first-order valence-electron chi connectivity index (χ1n) is 24.3. The molecule has 4 heteroatoms. The van der Waals surface area contributed by atoms with Gasteiger partial charge in [0.05, 0.1) is 22.1 Å². The molecule has 1 unspecified atom stereocenters. The van der Waals surface area contributed by atoms with Crippen LogP contribution in [-0.2, 0) is 0 Å². The lowest BCUT2D eigenvalue weighted by Crippen LogP contribution is -2.76. The molecule has 0 bridgehead atoms. The molecule has 11 aromatic carbocycles. The van der Waals surface area contributed by atoms with Crippen molar-refractivity contribution in [3.05, 3.63) is 279 Å². The van der Waals surface area contributed by atoms with Crippen LogP contribution in [0.4, 0.5) is 0 Å². The van der Waals surface area contributed by atoms with E-state index in [4.69, 9.17) is 0 Å². The Labute approximate surface area is 409 Å². The molecule has 0 radical (unpaired) electrons. The fourth-order valence-electron chi connectivity index (χ4n) is 12.5. The Balaban J connectivity index is 1.14. The highest BCUT2D eigenvalue weighted by Crippen LogP contribution is 2.39. The summed E-state index contributed by atoms with van der Waals surface area (Å²) in [7, 11) is -5.98. The van der Waals surface area contributed by atoms with Crippen molar-refractivity contribution in [3.8, 4) is 22.5 Å². The van der Waals surface area contributed by atoms with Crippen molar-refractivity contribution < 1.29 is 0 Å². The summed E-state index contributed by atoms with van der Waals surface area (Å²) < 4.78 is 5.18. The molecule has 0 saturated heterocycles. The van der Waals surface area contributed by atoms with Gasteiger partial charge in [-0.1, -0.05) is 243 Å². The minimum absolute atomic E-state index is 1.17. The molecule has 0 amide bonds. The quantitative estimate of drug-likeness (QED) is 0.106. The van der Waals surface area contributed by atoms with Crippen LogP contribution in [0.15, 0.2) is 279 Å². The molecule has 0 saturated carbocycles. The average Bonchev–Trinajstić information content (AvgIpc) is 3.96. The van der Waals surface area contributed by atoms with Crippen molar-refractivity contribution >= 4 is 101 Å². The van der Waals surface area contributed by atoms with Crippen LogP contribution in [0.5, 0.6) is 0 Å². The van der Waals surface area contributed by atoms with Crippen LogP contribution in [0.3, 0.4) is 0 Å². The Bertz CT molecular complexity index is 4010. The standard InChI is InChI=1S/C66H46N2Si2/c1-6-23-47(24-7-1)48-25-22-34-54(43-48)70(53-32-14-5-15-33-53)64-40-21-20-39-62(64)68-61-38-19-17-36-57(61)59-44-49(45-65(70)66(59)68)67-60-37-18-16-35-56(60)58-42-41-55(46-63(58)67)69(50-26-8-2-9-27-50,51-28-10-3-11-29-51)52-30-12-4-13-31-52/h1-46H. The highest BCUT2D eigenvalue weighted by molar-refractivity contribution is 7.21. The van der Waals surface area contributed by atoms with Gasteiger partial charge in [-0.3, -0.25) is 0 Å². The van der Waals surface area contributed by atoms with Gasteiger partial charge < -0.3 is 9.13 Å². The molecule has 2 nitrogen and oxygen atoms in total. The zero-order chi connectivity index (χ0) is 46.2. The van der Waals surface area contributed by atoms with Crippen LogP contribution in [0.1, 0.15) is 0 Å². The van der Waals surface area contributed by atoms with Crippen LogP contribution < -0.4 is 41.5 Å². The Morgan fingerprint density at radius 2 is 0.786 bits per heavy atom. The van der Waals surface area contributed by atoms with Gasteiger partial charge in [-0.05, 0) is 89.0 Å². The number of fused-ring (bicyclic) bond motifs is 8. The van der Waals surface area contributed by atoms with Gasteiger partial charge in [-0.25, -0.2) is 0 Å². The Hall–Kier alpha value is -8.55. The third-order valence-corrected chi connectivity index (χ3v) is 24.9. The monoisotopic (exact) mass is 922 g/mol. The predicted octanol–water partition coefficient (Wildman–Crippen LogP) is 10.6. The summed E-state index contributed by atoms with van der Waals surface area (Å²) in [6.07, 6.45) is 0. The van der Waals surface area contributed by atoms with Gasteiger partial charge in [0.1, 0.15) is 0 Å². The second kappa shape index (κ2) is 16.0. The summed E-state index contributed by atoms with van der Waals surface area (Å²) in [6, 6.07) is 106. The topological polar surface area (TPSA) is 9.86 Å². The van der Waals surface area contributed by atoms with E-state index in [1.807, 2.05) is 0 Å². The molecule has 14 rings (SSSR count). The van der Waals surface area contributed by atoms with E-state index in [-0.39, 0.29) is 0 Å². The lowest BCUT2D eigenvalue weighted by molar-refractivity contribution is 1.17. The van der Waals surface area contributed by atoms with Crippen molar-refractivity contribution in [2.75, 3.05) is 0 Å². The number of para-hydroxylation sites is 3. The van der Waals surface area contributed by atoms with Crippen LogP contribution in [0.2, 0.25) is 0 Å². The number of aromatic nitrogens is 2. The first-order valence-corrected chi connectivity index (χ1v) is 28.3. The smallest absolute Gasteiger partial charge is 0.184 e. The van der Waals surface area contributed by atoms with Crippen molar-refractivity contribution in [3.63, 3.8) is 0 Å². The number of benzene rings is 11. The third-order valence-electron chi connectivity index (χ3n) is 15.3. The van der Waals surface area contributed by atoms with Crippen LogP contribution in [0, 0.1) is 0 Å². The van der Waals surface area contributed by atoms with E-state index < -0.39 is 16.1 Å². The summed E-state index contributed by atoms with van der Waals surface area (Å²) in [5, 5.41) is 16.0. The molecule has 3 heterocycles. The number of rotatable bonds is 8. The highest BCUT2D eigenvalue weighted by atomic mass is 28.3. The number of hydrogen-bond donors (Lipinski definition) is 0. The van der Waals surface area contributed by atoms with Crippen LogP contribution in [-0.4, -0.2) is 25.3 Å². The van der Waals surface area contributed by atoms with Crippen molar-refractivity contribution in [2.24, 2.45) is 0 Å². The molecule has 328 valence electrons. The van der Waals surface area contributed by atoms with Gasteiger partial charge in [0.25, 0.3) is 0 Å². The Kier molecular flexibility index (Phi) is 9.28. The third kappa shape index (κ3) is 5.78. The lowest BCUT2D eigenvalue weighted by Gasteiger charge is -2.40. The minimum Gasteiger partial charge on any atom is -0.309 e. The summed E-state index contributed by atoms with van der Waals surface area (Å²) in [6.45, 7) is 0. The van der Waals surface area contributed by atoms with Gasteiger partial charge in [-0.15, -0.1) is 0 Å². The molecule has 1 aliphatic rings. The fraction of sp³-hybridized carbons (Fsp3) is 0. The van der Waals surface area contributed by atoms with E-state index in [1.165, 1.54) is 108 Å². The summed E-state index contributed by atoms with van der Waals surface area (Å²) in [5.41, 5.74) is 9.83. The maximum absolute atomic E-state index is 3.11. The van der Waals surface area contributed by atoms with E-state index >= 15 is 0 Å². The van der Waals surface area contributed by atoms with E-state index in [0.29, 0.717) is 0 Å². The normalized spacial score (nSPS) is 14.3. The van der Waals surface area contributed by atoms with Gasteiger partial charge in [0.2, 0.25) is 0 Å². The highest BCUT2D eigenvalue weighted by Gasteiger charge is 2.48. The fourth-order valence-corrected chi connectivity index (χ4v) is 22.4. The zero-order valence-electron chi connectivity index (χ0n) is 38.5. The van der Waals surface area contributed by atoms with E-state index in [0.717, 1.165) is 0 Å². The average molecular weight is 923 g/mol. The maximum atomic E-state index is 2.61. The molecule has 0 spiro atoms. The van der Waals surface area contributed by atoms with E-state index in [2.05, 4.69) is 288 Å². The number of nitrogens with zero attached hydrogens (tertiary/aromatic N) is 2. The first-order chi connectivity index (χ1) is 34.7. The van der Waals surface area contributed by atoms with Gasteiger partial charge in [0.15, 0.2) is 16.1 Å². The second-order valence-electron chi connectivity index (χ2n) is 18.8. The molecule has 0 N–H and O–H groups in total. The van der Waals surface area contributed by atoms with E-state index in [1.54, 1.807) is 0 Å². The first kappa shape index (κ1) is 40.5. The number of hydrogen-bond acceptors (Lipinski definition) is 0. The Morgan fingerprint density at radius 1 is 0.286 bits per heavy atom. The van der Waals surface area contributed by atoms with Gasteiger partial charge >= 0.3 is 0 Å². The molecule has 1 aliphatic heterocycles. The summed E-state index contributed by atoms with van der Waals surface area (Å²) in [4.78, 5) is 0. The molecule has 13 aromatic rings. The maximum Gasteiger partial charge on any atom is 0.184 e. The zero-order valence-corrected chi connectivity index (χ0v) is 40.5. The molecule has 2 aromatic heterocycles. The second-order valence-corrected chi connectivity index (χ2v) is 26.3. The molecule has 0 fully saturated rings. The molecular formula is C66H46N2Si2. The van der Waals surface area contributed by atoms with Crippen LogP contribution in [0.25, 0.3) is 66.1 Å². The molecule has 70 heavy (non-hydrogen) atoms. The predicted molar refractivity (Wildman–Crippen MR) is 301 cm³/mol. The van der Waals surface area contributed by atoms with Crippen LogP contribution >= 0.6 is 0 Å². The van der Waals surface area contributed by atoms with Crippen molar-refractivity contribution in [1.82, 2.24) is 9.13 Å². The largest absolute Gasteiger partial charge is 0.309 e. The molecule has 1 atom stereocenters. The SMILES string of the molecule is c1ccc(-c2cccc([Si]3(c4ccccc4)c4ccccc4-n4c5ccccc5c5cc(-n6c7ccccc7c7ccc([Si](c8ccccc8)(c8ccccc8)c8ccccc8)cc76)cc3c54)c2)cc1. The lowest BCUT2D eigenvalue weighted by atomic mass is 10.1. The summed E-state index contributed by atoms with van der Waals surface area (Å²) in [5.74, 6) is 0. The van der Waals surface area contributed by atoms with Gasteiger partial charge in [-0.2, -0.15) is 0 Å². The van der Waals surface area contributed by atoms with E-state index in [9.17, 15) is 0 Å². The summed E-state index contributed by atoms with van der Waals surface area (Å²) >= 11 is 0. The van der Waals surface area contributed by atoms with Crippen molar-refractivity contribution in [1.29, 1.82) is 0 Å². The van der Waals surface area contributed by atoms with Gasteiger partial charge in [0, 0.05) is 32.9 Å². The molecule has 0 aliphatic carbocycles. The molecular weight excluding hydrogens is 877 g/mol. The Morgan fingerprint density at radius 3 is 1.44 bits per heavy atom. The minimum atomic E-state index is -3.11. The van der Waals surface area contributed by atoms with Crippen molar-refractivity contribution in [2.45, 2.75) is 0 Å².